The molecular weight excluding hydrogens is 280 g/mol. The van der Waals surface area contributed by atoms with Gasteiger partial charge < -0.3 is 20.5 Å². The van der Waals surface area contributed by atoms with Crippen LogP contribution in [0.1, 0.15) is 32.8 Å². The molecule has 2 unspecified atom stereocenters. The highest BCUT2D eigenvalue weighted by Crippen LogP contribution is 2.49. The van der Waals surface area contributed by atoms with E-state index >= 15 is 0 Å². The van der Waals surface area contributed by atoms with E-state index in [2.05, 4.69) is 5.32 Å². The van der Waals surface area contributed by atoms with Crippen molar-refractivity contribution in [3.8, 4) is 5.75 Å². The van der Waals surface area contributed by atoms with Crippen molar-refractivity contribution in [1.82, 2.24) is 5.32 Å². The van der Waals surface area contributed by atoms with Crippen LogP contribution in [-0.4, -0.2) is 31.3 Å². The molecule has 2 atom stereocenters. The summed E-state index contributed by atoms with van der Waals surface area (Å²) in [6.45, 7) is 6.96. The summed E-state index contributed by atoms with van der Waals surface area (Å²) in [6.07, 6.45) is 0.575. The molecule has 5 heteroatoms. The lowest BCUT2D eigenvalue weighted by molar-refractivity contribution is -0.170. The molecular formula is C17H26N2O3. The third-order valence-electron chi connectivity index (χ3n) is 4.87. The SMILES string of the molecule is CCOC1CC(N)(C(=O)NCc2ccccc2OC)C1(C)C. The predicted octanol–water partition coefficient (Wildman–Crippen LogP) is 1.84. The Morgan fingerprint density at radius 1 is 1.41 bits per heavy atom. The molecule has 5 nitrogen and oxygen atoms in total. The fourth-order valence-corrected chi connectivity index (χ4v) is 3.00. The highest BCUT2D eigenvalue weighted by molar-refractivity contribution is 5.88. The summed E-state index contributed by atoms with van der Waals surface area (Å²) >= 11 is 0. The average Bonchev–Trinajstić information content (AvgIpc) is 2.52. The lowest BCUT2D eigenvalue weighted by Gasteiger charge is -2.57. The molecule has 0 saturated heterocycles. The minimum absolute atomic E-state index is 0.0273. The van der Waals surface area contributed by atoms with Gasteiger partial charge in [-0.05, 0) is 13.0 Å². The van der Waals surface area contributed by atoms with Crippen molar-refractivity contribution in [2.45, 2.75) is 45.4 Å². The number of amides is 1. The Hall–Kier alpha value is -1.59. The van der Waals surface area contributed by atoms with Crippen LogP contribution in [0.2, 0.25) is 0 Å². The summed E-state index contributed by atoms with van der Waals surface area (Å²) in [5.41, 5.74) is 6.01. The van der Waals surface area contributed by atoms with Gasteiger partial charge in [-0.3, -0.25) is 4.79 Å². The van der Waals surface area contributed by atoms with Crippen LogP contribution in [0.25, 0.3) is 0 Å². The fourth-order valence-electron chi connectivity index (χ4n) is 3.00. The summed E-state index contributed by atoms with van der Waals surface area (Å²) < 4.78 is 10.9. The molecule has 1 aromatic rings. The molecule has 0 radical (unpaired) electrons. The Morgan fingerprint density at radius 2 is 2.09 bits per heavy atom. The smallest absolute Gasteiger partial charge is 0.241 e. The number of para-hydroxylation sites is 1. The largest absolute Gasteiger partial charge is 0.496 e. The molecule has 1 saturated carbocycles. The third-order valence-corrected chi connectivity index (χ3v) is 4.87. The van der Waals surface area contributed by atoms with Gasteiger partial charge in [-0.2, -0.15) is 0 Å². The van der Waals surface area contributed by atoms with Crippen LogP contribution < -0.4 is 15.8 Å². The van der Waals surface area contributed by atoms with Crippen molar-refractivity contribution < 1.29 is 14.3 Å². The minimum atomic E-state index is -0.894. The van der Waals surface area contributed by atoms with E-state index in [1.165, 1.54) is 0 Å². The van der Waals surface area contributed by atoms with Gasteiger partial charge in [0.2, 0.25) is 5.91 Å². The van der Waals surface area contributed by atoms with Gasteiger partial charge >= 0.3 is 0 Å². The van der Waals surface area contributed by atoms with E-state index in [1.807, 2.05) is 45.0 Å². The molecule has 0 heterocycles. The van der Waals surface area contributed by atoms with Gasteiger partial charge in [0, 0.05) is 30.6 Å². The van der Waals surface area contributed by atoms with E-state index in [0.29, 0.717) is 19.6 Å². The molecule has 0 aromatic heterocycles. The second kappa shape index (κ2) is 6.26. The van der Waals surface area contributed by atoms with Crippen LogP contribution in [0.15, 0.2) is 24.3 Å². The minimum Gasteiger partial charge on any atom is -0.496 e. The summed E-state index contributed by atoms with van der Waals surface area (Å²) in [6, 6.07) is 7.62. The monoisotopic (exact) mass is 306 g/mol. The van der Waals surface area contributed by atoms with Crippen molar-refractivity contribution in [2.75, 3.05) is 13.7 Å². The van der Waals surface area contributed by atoms with Crippen LogP contribution in [0.5, 0.6) is 5.75 Å². The predicted molar refractivity (Wildman–Crippen MR) is 85.6 cm³/mol. The van der Waals surface area contributed by atoms with Crippen molar-refractivity contribution in [2.24, 2.45) is 11.1 Å². The molecule has 1 aliphatic carbocycles. The lowest BCUT2D eigenvalue weighted by Crippen LogP contribution is -2.75. The molecule has 1 aromatic carbocycles. The summed E-state index contributed by atoms with van der Waals surface area (Å²) in [5, 5.41) is 2.93. The zero-order valence-corrected chi connectivity index (χ0v) is 13.8. The quantitative estimate of drug-likeness (QED) is 0.841. The first-order valence-corrected chi connectivity index (χ1v) is 7.67. The van der Waals surface area contributed by atoms with Crippen LogP contribution >= 0.6 is 0 Å². The molecule has 2 rings (SSSR count). The number of benzene rings is 1. The van der Waals surface area contributed by atoms with Crippen LogP contribution in [0.3, 0.4) is 0 Å². The van der Waals surface area contributed by atoms with Crippen molar-refractivity contribution >= 4 is 5.91 Å². The number of hydrogen-bond donors (Lipinski definition) is 2. The molecule has 3 N–H and O–H groups in total. The highest BCUT2D eigenvalue weighted by atomic mass is 16.5. The van der Waals surface area contributed by atoms with E-state index in [0.717, 1.165) is 11.3 Å². The van der Waals surface area contributed by atoms with E-state index in [9.17, 15) is 4.79 Å². The van der Waals surface area contributed by atoms with Crippen molar-refractivity contribution in [3.63, 3.8) is 0 Å². The fraction of sp³-hybridized carbons (Fsp3) is 0.588. The number of carbonyl (C=O) groups excluding carboxylic acids is 1. The second-order valence-electron chi connectivity index (χ2n) is 6.34. The van der Waals surface area contributed by atoms with Gasteiger partial charge in [-0.25, -0.2) is 0 Å². The van der Waals surface area contributed by atoms with Gasteiger partial charge in [0.25, 0.3) is 0 Å². The molecule has 0 bridgehead atoms. The first kappa shape index (κ1) is 16.8. The Labute approximate surface area is 132 Å². The maximum Gasteiger partial charge on any atom is 0.241 e. The normalized spacial score (nSPS) is 26.1. The first-order valence-electron chi connectivity index (χ1n) is 7.67. The number of rotatable bonds is 6. The summed E-state index contributed by atoms with van der Waals surface area (Å²) in [4.78, 5) is 12.6. The standard InChI is InChI=1S/C17H26N2O3/c1-5-22-14-10-17(18,16(14,2)3)15(20)19-11-12-8-6-7-9-13(12)21-4/h6-9,14H,5,10-11,18H2,1-4H3,(H,19,20). The third kappa shape index (κ3) is 2.71. The van der Waals surface area contributed by atoms with E-state index < -0.39 is 5.54 Å². The molecule has 0 spiro atoms. The number of nitrogens with two attached hydrogens (primary N) is 1. The Balaban J connectivity index is 2.01. The lowest BCUT2D eigenvalue weighted by atomic mass is 9.54. The number of carbonyl (C=O) groups is 1. The van der Waals surface area contributed by atoms with Gasteiger partial charge in [-0.15, -0.1) is 0 Å². The molecule has 0 aliphatic heterocycles. The number of hydrogen-bond acceptors (Lipinski definition) is 4. The van der Waals surface area contributed by atoms with Crippen molar-refractivity contribution in [1.29, 1.82) is 0 Å². The van der Waals surface area contributed by atoms with Crippen LogP contribution in [-0.2, 0) is 16.1 Å². The first-order chi connectivity index (χ1) is 10.4. The van der Waals surface area contributed by atoms with Gasteiger partial charge in [0.15, 0.2) is 0 Å². The Kier molecular flexibility index (Phi) is 4.78. The molecule has 1 aliphatic rings. The van der Waals surface area contributed by atoms with Crippen LogP contribution in [0, 0.1) is 5.41 Å². The number of ether oxygens (including phenoxy) is 2. The Morgan fingerprint density at radius 3 is 2.68 bits per heavy atom. The number of methoxy groups -OCH3 is 1. The second-order valence-corrected chi connectivity index (χ2v) is 6.34. The van der Waals surface area contributed by atoms with Gasteiger partial charge in [0.1, 0.15) is 11.3 Å². The van der Waals surface area contributed by atoms with Crippen LogP contribution in [0.4, 0.5) is 0 Å². The summed E-state index contributed by atoms with van der Waals surface area (Å²) in [5.74, 6) is 0.619. The molecule has 122 valence electrons. The topological polar surface area (TPSA) is 73.6 Å². The molecule has 1 fully saturated rings. The van der Waals surface area contributed by atoms with Gasteiger partial charge in [0.05, 0.1) is 13.2 Å². The molecule has 1 amide bonds. The zero-order valence-electron chi connectivity index (χ0n) is 13.8. The maximum absolute atomic E-state index is 12.6. The summed E-state index contributed by atoms with van der Waals surface area (Å²) in [7, 11) is 1.62. The van der Waals surface area contributed by atoms with E-state index in [-0.39, 0.29) is 17.4 Å². The van der Waals surface area contributed by atoms with Crippen molar-refractivity contribution in [3.05, 3.63) is 29.8 Å². The number of nitrogens with one attached hydrogen (secondary N) is 1. The highest BCUT2D eigenvalue weighted by Gasteiger charge is 2.62. The Bertz CT molecular complexity index is 544. The van der Waals surface area contributed by atoms with E-state index in [1.54, 1.807) is 7.11 Å². The average molecular weight is 306 g/mol. The van der Waals surface area contributed by atoms with E-state index in [4.69, 9.17) is 15.2 Å². The maximum atomic E-state index is 12.6. The molecule has 22 heavy (non-hydrogen) atoms. The van der Waals surface area contributed by atoms with Gasteiger partial charge in [-0.1, -0.05) is 32.0 Å². The zero-order chi connectivity index (χ0) is 16.4.